The minimum absolute atomic E-state index is 0.112. The highest BCUT2D eigenvalue weighted by Crippen LogP contribution is 2.32. The molecule has 1 aliphatic rings. The van der Waals surface area contributed by atoms with Crippen molar-refractivity contribution in [3.8, 4) is 11.3 Å². The van der Waals surface area contributed by atoms with E-state index in [1.54, 1.807) is 12.4 Å². The first-order valence-corrected chi connectivity index (χ1v) is 11.7. The van der Waals surface area contributed by atoms with Gasteiger partial charge in [0.05, 0.1) is 35.1 Å². The lowest BCUT2D eigenvalue weighted by Crippen LogP contribution is -2.20. The summed E-state index contributed by atoms with van der Waals surface area (Å²) in [4.78, 5) is 18.4. The van der Waals surface area contributed by atoms with Gasteiger partial charge in [-0.2, -0.15) is 10.2 Å². The summed E-state index contributed by atoms with van der Waals surface area (Å²) in [6.07, 6.45) is 9.33. The predicted octanol–water partition coefficient (Wildman–Crippen LogP) is 5.84. The van der Waals surface area contributed by atoms with Gasteiger partial charge in [0.15, 0.2) is 5.65 Å². The predicted molar refractivity (Wildman–Crippen MR) is 127 cm³/mol. The summed E-state index contributed by atoms with van der Waals surface area (Å²) in [7, 11) is 0. The van der Waals surface area contributed by atoms with Crippen molar-refractivity contribution >= 4 is 22.8 Å². The van der Waals surface area contributed by atoms with E-state index in [1.165, 1.54) is 19.3 Å². The van der Waals surface area contributed by atoms with E-state index in [9.17, 15) is 4.79 Å². The maximum atomic E-state index is 13.6. The molecule has 4 aromatic heterocycles. The third kappa shape index (κ3) is 3.94. The van der Waals surface area contributed by atoms with Crippen LogP contribution in [0.2, 0.25) is 0 Å². The van der Waals surface area contributed by atoms with Gasteiger partial charge in [-0.1, -0.05) is 19.3 Å². The van der Waals surface area contributed by atoms with Gasteiger partial charge < -0.3 is 9.73 Å². The molecule has 0 bridgehead atoms. The van der Waals surface area contributed by atoms with Crippen LogP contribution in [0.5, 0.6) is 0 Å². The van der Waals surface area contributed by atoms with Crippen LogP contribution in [0.4, 0.5) is 5.82 Å². The Kier molecular flexibility index (Phi) is 5.52. The number of hydrogen-bond donors (Lipinski definition) is 1. The maximum Gasteiger partial charge on any atom is 0.257 e. The van der Waals surface area contributed by atoms with Gasteiger partial charge in [-0.05, 0) is 52.7 Å². The lowest BCUT2D eigenvalue weighted by molar-refractivity contribution is 0.102. The highest BCUT2D eigenvalue weighted by atomic mass is 16.3. The number of nitrogens with one attached hydrogen (secondary N) is 1. The molecule has 1 aliphatic carbocycles. The largest absolute Gasteiger partial charge is 0.466 e. The molecule has 0 atom stereocenters. The highest BCUT2D eigenvalue weighted by molar-refractivity contribution is 6.12. The Hall–Kier alpha value is -3.42. The second-order valence-electron chi connectivity index (χ2n) is 9.21. The summed E-state index contributed by atoms with van der Waals surface area (Å²) in [6, 6.07) is 6.10. The molecule has 1 fully saturated rings. The van der Waals surface area contributed by atoms with Crippen LogP contribution in [0.3, 0.4) is 0 Å². The summed E-state index contributed by atoms with van der Waals surface area (Å²) in [5.41, 5.74) is 2.81. The fraction of sp³-hybridized carbons (Fsp3) is 0.440. The topological polar surface area (TPSA) is 90.8 Å². The molecule has 0 spiro atoms. The molecule has 0 unspecified atom stereocenters. The van der Waals surface area contributed by atoms with Crippen LogP contribution >= 0.6 is 0 Å². The lowest BCUT2D eigenvalue weighted by atomic mass is 9.96. The SMILES string of the molecule is Cc1cc(-c2cc(C(=O)Nc3ccnn3C3CCCCC3)c3cnn(C(C)C)c3n2)c(C)o1. The Morgan fingerprint density at radius 3 is 2.64 bits per heavy atom. The molecule has 0 aliphatic heterocycles. The molecule has 0 aromatic carbocycles. The monoisotopic (exact) mass is 446 g/mol. The van der Waals surface area contributed by atoms with Crippen molar-refractivity contribution in [2.75, 3.05) is 5.32 Å². The molecule has 1 N–H and O–H groups in total. The Labute approximate surface area is 193 Å². The summed E-state index contributed by atoms with van der Waals surface area (Å²) < 4.78 is 9.56. The van der Waals surface area contributed by atoms with Crippen molar-refractivity contribution in [2.24, 2.45) is 0 Å². The van der Waals surface area contributed by atoms with Gasteiger partial charge in [0.25, 0.3) is 5.91 Å². The van der Waals surface area contributed by atoms with Crippen LogP contribution in [0.25, 0.3) is 22.3 Å². The molecule has 8 nitrogen and oxygen atoms in total. The molecule has 4 heterocycles. The van der Waals surface area contributed by atoms with E-state index in [4.69, 9.17) is 9.40 Å². The quantitative estimate of drug-likeness (QED) is 0.416. The first kappa shape index (κ1) is 21.4. The Morgan fingerprint density at radius 1 is 1.15 bits per heavy atom. The molecule has 0 radical (unpaired) electrons. The van der Waals surface area contributed by atoms with Gasteiger partial charge in [0.2, 0.25) is 0 Å². The number of pyridine rings is 1. The Morgan fingerprint density at radius 2 is 1.94 bits per heavy atom. The Balaban J connectivity index is 1.57. The van der Waals surface area contributed by atoms with E-state index in [0.717, 1.165) is 41.1 Å². The Bertz CT molecular complexity index is 1310. The highest BCUT2D eigenvalue weighted by Gasteiger charge is 2.23. The summed E-state index contributed by atoms with van der Waals surface area (Å²) in [6.45, 7) is 7.93. The minimum atomic E-state index is -0.192. The van der Waals surface area contributed by atoms with Crippen LogP contribution in [0, 0.1) is 13.8 Å². The molecule has 1 saturated carbocycles. The maximum absolute atomic E-state index is 13.6. The minimum Gasteiger partial charge on any atom is -0.466 e. The summed E-state index contributed by atoms with van der Waals surface area (Å²) >= 11 is 0. The van der Waals surface area contributed by atoms with Crippen LogP contribution in [-0.2, 0) is 0 Å². The normalized spacial score (nSPS) is 14.9. The second kappa shape index (κ2) is 8.50. The van der Waals surface area contributed by atoms with Crippen molar-refractivity contribution in [3.63, 3.8) is 0 Å². The van der Waals surface area contributed by atoms with Crippen molar-refractivity contribution in [3.05, 3.63) is 47.7 Å². The zero-order valence-corrected chi connectivity index (χ0v) is 19.6. The van der Waals surface area contributed by atoms with E-state index in [-0.39, 0.29) is 11.9 Å². The number of hydrogen-bond acceptors (Lipinski definition) is 5. The number of furan rings is 1. The number of anilines is 1. The fourth-order valence-electron chi connectivity index (χ4n) is 4.82. The third-order valence-electron chi connectivity index (χ3n) is 6.45. The van der Waals surface area contributed by atoms with Crippen LogP contribution in [0.15, 0.2) is 35.0 Å². The smallest absolute Gasteiger partial charge is 0.257 e. The zero-order chi connectivity index (χ0) is 23.1. The molecule has 33 heavy (non-hydrogen) atoms. The van der Waals surface area contributed by atoms with Gasteiger partial charge >= 0.3 is 0 Å². The van der Waals surface area contributed by atoms with Gasteiger partial charge in [-0.25, -0.2) is 14.3 Å². The first-order valence-electron chi connectivity index (χ1n) is 11.7. The number of aryl methyl sites for hydroxylation is 2. The zero-order valence-electron chi connectivity index (χ0n) is 19.6. The molecule has 8 heteroatoms. The van der Waals surface area contributed by atoms with Gasteiger partial charge in [0.1, 0.15) is 17.3 Å². The summed E-state index contributed by atoms with van der Waals surface area (Å²) in [5.74, 6) is 2.12. The number of fused-ring (bicyclic) bond motifs is 1. The number of carbonyl (C=O) groups excluding carboxylic acids is 1. The molecular formula is C25H30N6O2. The van der Waals surface area contributed by atoms with Crippen LogP contribution < -0.4 is 5.32 Å². The van der Waals surface area contributed by atoms with E-state index < -0.39 is 0 Å². The van der Waals surface area contributed by atoms with Crippen LogP contribution in [-0.4, -0.2) is 30.5 Å². The number of aromatic nitrogens is 5. The van der Waals surface area contributed by atoms with Gasteiger partial charge in [-0.3, -0.25) is 4.79 Å². The lowest BCUT2D eigenvalue weighted by Gasteiger charge is -2.24. The number of carbonyl (C=O) groups is 1. The standard InChI is InChI=1S/C25H30N6O2/c1-15(2)30-24-21(14-27-30)20(13-22(28-24)19-12-16(3)33-17(19)4)25(32)29-23-10-11-26-31(23)18-8-6-5-7-9-18/h10-15,18H,5-9H2,1-4H3,(H,29,32). The van der Waals surface area contributed by atoms with Gasteiger partial charge in [0, 0.05) is 17.7 Å². The molecular weight excluding hydrogens is 416 g/mol. The fourth-order valence-corrected chi connectivity index (χ4v) is 4.82. The number of nitrogens with zero attached hydrogens (tertiary/aromatic N) is 5. The molecule has 1 amide bonds. The van der Waals surface area contributed by atoms with Crippen molar-refractivity contribution < 1.29 is 9.21 Å². The first-order chi connectivity index (χ1) is 15.9. The van der Waals surface area contributed by atoms with Crippen molar-refractivity contribution in [1.82, 2.24) is 24.5 Å². The van der Waals surface area contributed by atoms with E-state index in [0.29, 0.717) is 22.9 Å². The van der Waals surface area contributed by atoms with Gasteiger partial charge in [-0.15, -0.1) is 0 Å². The molecule has 0 saturated heterocycles. The molecule has 172 valence electrons. The average Bonchev–Trinajstić information content (AvgIpc) is 3.51. The van der Waals surface area contributed by atoms with E-state index in [2.05, 4.69) is 29.4 Å². The third-order valence-corrected chi connectivity index (χ3v) is 6.45. The van der Waals surface area contributed by atoms with Crippen molar-refractivity contribution in [1.29, 1.82) is 0 Å². The number of rotatable bonds is 5. The number of amides is 1. The van der Waals surface area contributed by atoms with Crippen LogP contribution in [0.1, 0.15) is 79.9 Å². The molecule has 5 rings (SSSR count). The van der Waals surface area contributed by atoms with E-state index >= 15 is 0 Å². The summed E-state index contributed by atoms with van der Waals surface area (Å²) in [5, 5.41) is 12.9. The molecule has 4 aromatic rings. The second-order valence-corrected chi connectivity index (χ2v) is 9.21. The van der Waals surface area contributed by atoms with Crippen molar-refractivity contribution in [2.45, 2.75) is 71.9 Å². The van der Waals surface area contributed by atoms with E-state index in [1.807, 2.05) is 41.4 Å². The average molecular weight is 447 g/mol.